The molecule has 0 aliphatic carbocycles. The molecule has 2 saturated heterocycles. The van der Waals surface area contributed by atoms with Gasteiger partial charge in [-0.3, -0.25) is 14.4 Å². The fraction of sp³-hybridized carbons (Fsp3) is 0.606. The minimum absolute atomic E-state index is 0.00110. The van der Waals surface area contributed by atoms with Crippen molar-refractivity contribution in [3.8, 4) is 12.3 Å². The quantitative estimate of drug-likeness (QED) is 0.291. The number of esters is 1. The van der Waals surface area contributed by atoms with Crippen LogP contribution in [0.2, 0.25) is 0 Å². The fourth-order valence-corrected chi connectivity index (χ4v) is 5.35. The molecule has 0 bridgehead atoms. The Morgan fingerprint density at radius 3 is 2.39 bits per heavy atom. The van der Waals surface area contributed by atoms with Gasteiger partial charge in [0.1, 0.15) is 18.2 Å². The smallest absolute Gasteiger partial charge is 0.410 e. The van der Waals surface area contributed by atoms with Crippen molar-refractivity contribution in [3.63, 3.8) is 0 Å². The lowest BCUT2D eigenvalue weighted by Crippen LogP contribution is -2.51. The van der Waals surface area contributed by atoms with E-state index in [1.165, 1.54) is 0 Å². The topological polar surface area (TPSA) is 134 Å². The molecule has 0 aromatic heterocycles. The molecule has 44 heavy (non-hydrogen) atoms. The summed E-state index contributed by atoms with van der Waals surface area (Å²) in [5, 5.41) is 5.21. The monoisotopic (exact) mass is 610 g/mol. The zero-order valence-electron chi connectivity index (χ0n) is 26.1. The number of carbonyl (C=O) groups is 5. The summed E-state index contributed by atoms with van der Waals surface area (Å²) < 4.78 is 10.9. The summed E-state index contributed by atoms with van der Waals surface area (Å²) in [6.45, 7) is 7.57. The largest absolute Gasteiger partial charge is 0.459 e. The van der Waals surface area contributed by atoms with Crippen LogP contribution < -0.4 is 10.6 Å². The highest BCUT2D eigenvalue weighted by Gasteiger charge is 2.33. The van der Waals surface area contributed by atoms with Crippen LogP contribution in [0.1, 0.15) is 71.3 Å². The molecule has 11 heteroatoms. The molecule has 2 aliphatic heterocycles. The molecule has 2 N–H and O–H groups in total. The van der Waals surface area contributed by atoms with Crippen molar-refractivity contribution in [2.75, 3.05) is 32.7 Å². The average molecular weight is 611 g/mol. The Bertz CT molecular complexity index is 1180. The highest BCUT2D eigenvalue weighted by molar-refractivity contribution is 5.90. The number of rotatable bonds is 11. The number of hydrogen-bond donors (Lipinski definition) is 2. The van der Waals surface area contributed by atoms with Gasteiger partial charge in [-0.15, -0.1) is 6.42 Å². The normalized spacial score (nSPS) is 18.0. The van der Waals surface area contributed by atoms with Gasteiger partial charge >= 0.3 is 12.1 Å². The Morgan fingerprint density at radius 2 is 1.73 bits per heavy atom. The standard InChI is InChI=1S/C33H46N4O7/c1-5-17-34-28(38)21-27(31(41)43-23-25-10-7-6-8-11-25)35-30(40)26-12-9-18-37(22-26)29(39)14-13-24-15-19-36(20-16-24)32(42)44-33(2,3)4/h1,6-8,10-11,24,26-27H,9,12-23H2,2-4H3,(H,34,38)(H,35,40)/t26-,27+/m1/s1. The number of carbonyl (C=O) groups excluding carboxylic acids is 5. The predicted octanol–water partition coefficient (Wildman–Crippen LogP) is 3.02. The lowest BCUT2D eigenvalue weighted by molar-refractivity contribution is -0.151. The first-order valence-electron chi connectivity index (χ1n) is 15.4. The van der Waals surface area contributed by atoms with Crippen LogP contribution >= 0.6 is 0 Å². The van der Waals surface area contributed by atoms with E-state index >= 15 is 0 Å². The first-order valence-corrected chi connectivity index (χ1v) is 15.4. The van der Waals surface area contributed by atoms with Crippen LogP contribution in [-0.4, -0.2) is 84.0 Å². The molecule has 0 unspecified atom stereocenters. The Labute approximate surface area is 260 Å². The third-order valence-corrected chi connectivity index (χ3v) is 7.78. The van der Waals surface area contributed by atoms with Gasteiger partial charge in [-0.05, 0) is 64.4 Å². The van der Waals surface area contributed by atoms with Gasteiger partial charge in [0.25, 0.3) is 0 Å². The van der Waals surface area contributed by atoms with E-state index in [0.29, 0.717) is 44.8 Å². The molecule has 11 nitrogen and oxygen atoms in total. The average Bonchev–Trinajstić information content (AvgIpc) is 3.01. The third-order valence-electron chi connectivity index (χ3n) is 7.78. The van der Waals surface area contributed by atoms with Gasteiger partial charge < -0.3 is 29.9 Å². The number of hydrogen-bond acceptors (Lipinski definition) is 7. The van der Waals surface area contributed by atoms with Gasteiger partial charge in [-0.2, -0.15) is 0 Å². The Hall–Kier alpha value is -4.07. The predicted molar refractivity (Wildman–Crippen MR) is 164 cm³/mol. The minimum atomic E-state index is -1.19. The molecule has 1 aromatic rings. The van der Waals surface area contributed by atoms with Crippen LogP contribution in [0.4, 0.5) is 4.79 Å². The van der Waals surface area contributed by atoms with E-state index < -0.39 is 35.3 Å². The number of ether oxygens (including phenoxy) is 2. The van der Waals surface area contributed by atoms with E-state index in [1.54, 1.807) is 21.9 Å². The van der Waals surface area contributed by atoms with E-state index in [0.717, 1.165) is 24.8 Å². The highest BCUT2D eigenvalue weighted by Crippen LogP contribution is 2.25. The molecule has 0 radical (unpaired) electrons. The van der Waals surface area contributed by atoms with E-state index in [1.807, 2.05) is 39.0 Å². The van der Waals surface area contributed by atoms with Gasteiger partial charge in [0.15, 0.2) is 0 Å². The Morgan fingerprint density at radius 1 is 1.02 bits per heavy atom. The van der Waals surface area contributed by atoms with Gasteiger partial charge in [-0.25, -0.2) is 9.59 Å². The lowest BCUT2D eigenvalue weighted by Gasteiger charge is -2.35. The maximum Gasteiger partial charge on any atom is 0.410 e. The summed E-state index contributed by atoms with van der Waals surface area (Å²) >= 11 is 0. The van der Waals surface area contributed by atoms with Crippen LogP contribution in [-0.2, 0) is 35.3 Å². The van der Waals surface area contributed by atoms with Crippen LogP contribution in [0.3, 0.4) is 0 Å². The van der Waals surface area contributed by atoms with Crippen molar-refractivity contribution in [1.29, 1.82) is 0 Å². The summed E-state index contributed by atoms with van der Waals surface area (Å²) in [4.78, 5) is 67.4. The summed E-state index contributed by atoms with van der Waals surface area (Å²) in [7, 11) is 0. The van der Waals surface area contributed by atoms with Crippen molar-refractivity contribution in [1.82, 2.24) is 20.4 Å². The molecule has 4 amide bonds. The summed E-state index contributed by atoms with van der Waals surface area (Å²) in [5.74, 6) is 0.517. The summed E-state index contributed by atoms with van der Waals surface area (Å²) in [6.07, 6.45) is 8.54. The lowest BCUT2D eigenvalue weighted by atomic mass is 9.91. The summed E-state index contributed by atoms with van der Waals surface area (Å²) in [5.41, 5.74) is 0.241. The first kappa shape index (κ1) is 34.4. The Kier molecular flexibility index (Phi) is 13.1. The molecular weight excluding hydrogens is 564 g/mol. The fourth-order valence-electron chi connectivity index (χ4n) is 5.35. The highest BCUT2D eigenvalue weighted by atomic mass is 16.6. The van der Waals surface area contributed by atoms with Gasteiger partial charge in [-0.1, -0.05) is 36.3 Å². The minimum Gasteiger partial charge on any atom is -0.459 e. The number of amides is 4. The van der Waals surface area contributed by atoms with Crippen LogP contribution in [0.25, 0.3) is 0 Å². The third kappa shape index (κ3) is 11.5. The van der Waals surface area contributed by atoms with E-state index in [-0.39, 0.29) is 38.1 Å². The van der Waals surface area contributed by atoms with Gasteiger partial charge in [0.05, 0.1) is 18.9 Å². The molecule has 2 fully saturated rings. The van der Waals surface area contributed by atoms with Crippen LogP contribution in [0.15, 0.2) is 30.3 Å². The molecule has 2 atom stereocenters. The van der Waals surface area contributed by atoms with E-state index in [2.05, 4.69) is 16.6 Å². The summed E-state index contributed by atoms with van der Waals surface area (Å²) in [6, 6.07) is 7.91. The van der Waals surface area contributed by atoms with Crippen molar-refractivity contribution < 1.29 is 33.4 Å². The second-order valence-corrected chi connectivity index (χ2v) is 12.5. The molecule has 1 aromatic carbocycles. The number of terminal acetylenes is 1. The number of nitrogens with zero attached hydrogens (tertiary/aromatic N) is 2. The van der Waals surface area contributed by atoms with E-state index in [9.17, 15) is 24.0 Å². The van der Waals surface area contributed by atoms with E-state index in [4.69, 9.17) is 15.9 Å². The van der Waals surface area contributed by atoms with Crippen molar-refractivity contribution >= 4 is 29.8 Å². The van der Waals surface area contributed by atoms with Crippen molar-refractivity contribution in [2.24, 2.45) is 11.8 Å². The van der Waals surface area contributed by atoms with Crippen LogP contribution in [0, 0.1) is 24.2 Å². The molecule has 0 spiro atoms. The SMILES string of the molecule is C#CCNC(=O)C[C@H](NC(=O)[C@@H]1CCCN(C(=O)CCC2CCN(C(=O)OC(C)(C)C)CC2)C1)C(=O)OCc1ccccc1. The zero-order chi connectivity index (χ0) is 32.1. The van der Waals surface area contributed by atoms with Gasteiger partial charge in [0, 0.05) is 32.6 Å². The molecule has 3 rings (SSSR count). The number of likely N-dealkylation sites (tertiary alicyclic amines) is 2. The first-order chi connectivity index (χ1) is 20.9. The Balaban J connectivity index is 1.49. The second kappa shape index (κ2) is 16.7. The maximum absolute atomic E-state index is 13.3. The molecule has 240 valence electrons. The van der Waals surface area contributed by atoms with Crippen molar-refractivity contribution in [3.05, 3.63) is 35.9 Å². The molecular formula is C33H46N4O7. The molecule has 0 saturated carbocycles. The van der Waals surface area contributed by atoms with Gasteiger partial charge in [0.2, 0.25) is 17.7 Å². The zero-order valence-corrected chi connectivity index (χ0v) is 26.1. The maximum atomic E-state index is 13.3. The molecule has 2 heterocycles. The number of piperidine rings is 2. The number of nitrogens with one attached hydrogen (secondary N) is 2. The van der Waals surface area contributed by atoms with Crippen molar-refractivity contribution in [2.45, 2.75) is 84.0 Å². The molecule has 2 aliphatic rings. The second-order valence-electron chi connectivity index (χ2n) is 12.5. The van der Waals surface area contributed by atoms with Crippen LogP contribution in [0.5, 0.6) is 0 Å². The number of benzene rings is 1.